The number of hydrogen-bond acceptors (Lipinski definition) is 4. The highest BCUT2D eigenvalue weighted by molar-refractivity contribution is 6.28. The molecule has 0 aromatic heterocycles. The van der Waals surface area contributed by atoms with Gasteiger partial charge in [0.05, 0.1) is 22.7 Å². The third kappa shape index (κ3) is 5.45. The maximum Gasteiger partial charge on any atom is 0.151 e. The van der Waals surface area contributed by atoms with Crippen LogP contribution in [0.4, 0.5) is 34.1 Å². The Balaban J connectivity index is 1.15. The molecule has 0 bridgehead atoms. The van der Waals surface area contributed by atoms with Crippen LogP contribution in [0, 0.1) is 0 Å². The fraction of sp³-hybridized carbons (Fsp3) is 0. The zero-order valence-electron chi connectivity index (χ0n) is 35.7. The van der Waals surface area contributed by atoms with Crippen LogP contribution in [0.25, 0.3) is 76.1 Å². The highest BCUT2D eigenvalue weighted by Crippen LogP contribution is 2.55. The Labute approximate surface area is 381 Å². The van der Waals surface area contributed by atoms with Crippen molar-refractivity contribution in [2.75, 3.05) is 9.80 Å². The smallest absolute Gasteiger partial charge is 0.151 e. The summed E-state index contributed by atoms with van der Waals surface area (Å²) < 4.78 is 13.0. The molecule has 0 spiro atoms. The highest BCUT2D eigenvalue weighted by Gasteiger charge is 2.29. The molecular formula is C62H38N2O2. The second kappa shape index (κ2) is 14.3. The number of anilines is 6. The third-order valence-corrected chi connectivity index (χ3v) is 13.6. The average Bonchev–Trinajstić information content (AvgIpc) is 3.38. The number of para-hydroxylation sites is 8. The van der Waals surface area contributed by atoms with Crippen molar-refractivity contribution in [3.05, 3.63) is 231 Å². The van der Waals surface area contributed by atoms with Gasteiger partial charge in [-0.05, 0) is 155 Å². The fourth-order valence-electron chi connectivity index (χ4n) is 10.7. The molecule has 0 fully saturated rings. The van der Waals surface area contributed by atoms with E-state index in [2.05, 4.69) is 216 Å². The van der Waals surface area contributed by atoms with Crippen LogP contribution in [-0.4, -0.2) is 0 Å². The molecule has 0 radical (unpaired) electrons. The summed E-state index contributed by atoms with van der Waals surface area (Å²) in [4.78, 5) is 4.71. The summed E-state index contributed by atoms with van der Waals surface area (Å²) in [6.45, 7) is 0. The molecule has 12 aromatic rings. The lowest BCUT2D eigenvalue weighted by Crippen LogP contribution is -2.16. The van der Waals surface area contributed by atoms with E-state index in [1.807, 2.05) is 24.3 Å². The summed E-state index contributed by atoms with van der Waals surface area (Å²) in [5.41, 5.74) is 10.9. The van der Waals surface area contributed by atoms with Gasteiger partial charge in [0.25, 0.3) is 0 Å². The topological polar surface area (TPSA) is 24.9 Å². The first-order valence-electron chi connectivity index (χ1n) is 22.5. The van der Waals surface area contributed by atoms with Crippen molar-refractivity contribution in [2.45, 2.75) is 0 Å². The maximum absolute atomic E-state index is 6.53. The molecule has 12 aromatic carbocycles. The number of benzene rings is 12. The summed E-state index contributed by atoms with van der Waals surface area (Å²) in [6.07, 6.45) is 0. The summed E-state index contributed by atoms with van der Waals surface area (Å²) >= 11 is 0. The van der Waals surface area contributed by atoms with Gasteiger partial charge in [0.2, 0.25) is 0 Å². The van der Waals surface area contributed by atoms with Gasteiger partial charge in [-0.25, -0.2) is 0 Å². The van der Waals surface area contributed by atoms with Crippen molar-refractivity contribution in [3.8, 4) is 45.3 Å². The maximum atomic E-state index is 6.53. The van der Waals surface area contributed by atoms with Gasteiger partial charge in [0.1, 0.15) is 0 Å². The lowest BCUT2D eigenvalue weighted by molar-refractivity contribution is 0.477. The summed E-state index contributed by atoms with van der Waals surface area (Å²) in [6, 6.07) is 83.1. The second-order valence-electron chi connectivity index (χ2n) is 17.2. The van der Waals surface area contributed by atoms with E-state index in [1.54, 1.807) is 0 Å². The molecule has 0 amide bonds. The Morgan fingerprint density at radius 2 is 0.652 bits per heavy atom. The molecule has 66 heavy (non-hydrogen) atoms. The zero-order chi connectivity index (χ0) is 43.3. The molecule has 0 saturated carbocycles. The van der Waals surface area contributed by atoms with Crippen LogP contribution in [0.3, 0.4) is 0 Å². The molecule has 0 aliphatic carbocycles. The third-order valence-electron chi connectivity index (χ3n) is 13.6. The first-order valence-corrected chi connectivity index (χ1v) is 22.5. The molecule has 2 aliphatic heterocycles. The number of fused-ring (bicyclic) bond motifs is 10. The molecule has 4 heteroatoms. The highest BCUT2D eigenvalue weighted by atomic mass is 16.5. The lowest BCUT2D eigenvalue weighted by Gasteiger charge is -2.33. The largest absolute Gasteiger partial charge is 0.453 e. The van der Waals surface area contributed by atoms with Crippen molar-refractivity contribution in [1.29, 1.82) is 0 Å². The molecule has 0 saturated heterocycles. The number of nitrogens with zero attached hydrogens (tertiary/aromatic N) is 2. The molecule has 0 atom stereocenters. The Bertz CT molecular complexity index is 3890. The van der Waals surface area contributed by atoms with E-state index in [1.165, 1.54) is 76.1 Å². The van der Waals surface area contributed by atoms with Gasteiger partial charge in [-0.2, -0.15) is 0 Å². The van der Waals surface area contributed by atoms with E-state index in [0.717, 1.165) is 57.1 Å². The SMILES string of the molecule is c1ccc2c(c1)Oc1ccccc1N2c1ccc2c(-c3cc4ccccc4c4ccccc34)c3cc(N4c5ccccc5Oc5ccccc54)ccc3c(-c3cccc4ccccc34)c2c1. The molecule has 0 N–H and O–H groups in total. The van der Waals surface area contributed by atoms with Gasteiger partial charge < -0.3 is 19.3 Å². The lowest BCUT2D eigenvalue weighted by atomic mass is 9.82. The normalized spacial score (nSPS) is 12.7. The van der Waals surface area contributed by atoms with Gasteiger partial charge in [0.15, 0.2) is 23.0 Å². The van der Waals surface area contributed by atoms with Crippen molar-refractivity contribution >= 4 is 88.0 Å². The molecule has 4 nitrogen and oxygen atoms in total. The van der Waals surface area contributed by atoms with Crippen molar-refractivity contribution in [2.24, 2.45) is 0 Å². The van der Waals surface area contributed by atoms with E-state index in [-0.39, 0.29) is 0 Å². The molecule has 0 unspecified atom stereocenters. The number of rotatable bonds is 4. The van der Waals surface area contributed by atoms with Crippen LogP contribution in [0.15, 0.2) is 231 Å². The Kier molecular flexibility index (Phi) is 7.95. The Morgan fingerprint density at radius 1 is 0.242 bits per heavy atom. The van der Waals surface area contributed by atoms with Crippen molar-refractivity contribution in [3.63, 3.8) is 0 Å². The standard InChI is InChI=1S/C62H38N2O2/c1-3-19-43-39(16-1)18-15-23-47(43)61-48-34-32-42(64-55-26-9-13-30-59(55)66-60-31-14-10-27-56(60)64)38-52(48)62(50-36-40-17-2-4-20-44(40)45-21-5-6-22-46(45)50)49-35-33-41(37-51(49)61)63-53-24-7-11-28-57(53)65-58-29-12-8-25-54(58)63/h1-38H. The van der Waals surface area contributed by atoms with Crippen molar-refractivity contribution < 1.29 is 9.47 Å². The van der Waals surface area contributed by atoms with Crippen LogP contribution >= 0.6 is 0 Å². The van der Waals surface area contributed by atoms with Gasteiger partial charge in [-0.1, -0.05) is 152 Å². The average molecular weight is 843 g/mol. The fourth-order valence-corrected chi connectivity index (χ4v) is 10.7. The molecule has 14 rings (SSSR count). The molecular weight excluding hydrogens is 805 g/mol. The molecule has 2 aliphatic rings. The van der Waals surface area contributed by atoms with E-state index in [4.69, 9.17) is 9.47 Å². The van der Waals surface area contributed by atoms with Crippen LogP contribution in [0.1, 0.15) is 0 Å². The van der Waals surface area contributed by atoms with E-state index >= 15 is 0 Å². The number of ether oxygens (including phenoxy) is 2. The van der Waals surface area contributed by atoms with E-state index in [9.17, 15) is 0 Å². The molecule has 308 valence electrons. The summed E-state index contributed by atoms with van der Waals surface area (Å²) in [5, 5.41) is 12.0. The Hall–Kier alpha value is -8.86. The zero-order valence-corrected chi connectivity index (χ0v) is 35.7. The second-order valence-corrected chi connectivity index (χ2v) is 17.2. The minimum absolute atomic E-state index is 0.825. The van der Waals surface area contributed by atoms with Crippen LogP contribution in [0.5, 0.6) is 23.0 Å². The quantitative estimate of drug-likeness (QED) is 0.130. The summed E-state index contributed by atoms with van der Waals surface area (Å²) in [7, 11) is 0. The minimum Gasteiger partial charge on any atom is -0.453 e. The first-order chi connectivity index (χ1) is 32.7. The van der Waals surface area contributed by atoms with Crippen LogP contribution < -0.4 is 19.3 Å². The van der Waals surface area contributed by atoms with Gasteiger partial charge in [-0.15, -0.1) is 0 Å². The predicted molar refractivity (Wildman–Crippen MR) is 274 cm³/mol. The van der Waals surface area contributed by atoms with Crippen LogP contribution in [-0.2, 0) is 0 Å². The predicted octanol–water partition coefficient (Wildman–Crippen LogP) is 17.9. The monoisotopic (exact) mass is 842 g/mol. The van der Waals surface area contributed by atoms with Gasteiger partial charge >= 0.3 is 0 Å². The first kappa shape index (κ1) is 36.6. The molecule has 2 heterocycles. The van der Waals surface area contributed by atoms with Gasteiger partial charge in [0, 0.05) is 11.4 Å². The van der Waals surface area contributed by atoms with E-state index in [0.29, 0.717) is 0 Å². The van der Waals surface area contributed by atoms with Crippen molar-refractivity contribution in [1.82, 2.24) is 0 Å². The Morgan fingerprint density at radius 3 is 1.20 bits per heavy atom. The minimum atomic E-state index is 0.825. The summed E-state index contributed by atoms with van der Waals surface area (Å²) in [5.74, 6) is 3.30. The number of hydrogen-bond donors (Lipinski definition) is 0. The van der Waals surface area contributed by atoms with Crippen LogP contribution in [0.2, 0.25) is 0 Å². The van der Waals surface area contributed by atoms with E-state index < -0.39 is 0 Å². The van der Waals surface area contributed by atoms with Gasteiger partial charge in [-0.3, -0.25) is 0 Å².